The summed E-state index contributed by atoms with van der Waals surface area (Å²) >= 11 is 0. The average molecular weight is 354 g/mol. The first-order chi connectivity index (χ1) is 11.3. The number of benzene rings is 2. The number of anilines is 2. The van der Waals surface area contributed by atoms with Crippen LogP contribution in [0.3, 0.4) is 0 Å². The minimum atomic E-state index is -4.26. The molecule has 0 radical (unpaired) electrons. The predicted molar refractivity (Wildman–Crippen MR) is 82.3 cm³/mol. The summed E-state index contributed by atoms with van der Waals surface area (Å²) in [5.41, 5.74) is 0.383. The maximum atomic E-state index is 13.7. The Bertz CT molecular complexity index is 931. The second kappa shape index (κ2) is 5.75. The fourth-order valence-corrected chi connectivity index (χ4v) is 3.29. The summed E-state index contributed by atoms with van der Waals surface area (Å²) in [4.78, 5) is 10.9. The normalized spacial score (nSPS) is 16.8. The molecule has 0 aliphatic carbocycles. The molecule has 0 unspecified atom stereocenters. The van der Waals surface area contributed by atoms with Crippen LogP contribution >= 0.6 is 0 Å². The fraction of sp³-hybridized carbons (Fsp3) is 0.133. The Kier molecular flexibility index (Phi) is 3.88. The quantitative estimate of drug-likeness (QED) is 0.887. The maximum Gasteiger partial charge on any atom is 0.265 e. The molecule has 2 aromatic rings. The Balaban J connectivity index is 1.91. The molecule has 0 fully saturated rings. The Hall–Kier alpha value is -2.68. The molecule has 0 bridgehead atoms. The van der Waals surface area contributed by atoms with E-state index in [1.165, 1.54) is 18.2 Å². The van der Waals surface area contributed by atoms with Crippen LogP contribution in [0, 0.1) is 11.6 Å². The van der Waals surface area contributed by atoms with Crippen LogP contribution in [0.4, 0.5) is 20.2 Å². The van der Waals surface area contributed by atoms with Crippen molar-refractivity contribution < 1.29 is 26.7 Å². The second-order valence-electron chi connectivity index (χ2n) is 5.14. The summed E-state index contributed by atoms with van der Waals surface area (Å²) in [5.74, 6) is -2.06. The lowest BCUT2D eigenvalue weighted by Gasteiger charge is -2.23. The van der Waals surface area contributed by atoms with Gasteiger partial charge in [0, 0.05) is 6.07 Å². The SMILES string of the molecule is C[C@@H]1Oc2ccc(NS(=O)(=O)c3ccc(F)cc3F)cc2NC1=O. The van der Waals surface area contributed by atoms with Crippen molar-refractivity contribution in [1.82, 2.24) is 0 Å². The molecule has 2 aromatic carbocycles. The van der Waals surface area contributed by atoms with Crippen LogP contribution in [-0.2, 0) is 14.8 Å². The molecule has 2 N–H and O–H groups in total. The highest BCUT2D eigenvalue weighted by Gasteiger charge is 2.25. The van der Waals surface area contributed by atoms with Crippen LogP contribution < -0.4 is 14.8 Å². The third-order valence-corrected chi connectivity index (χ3v) is 4.76. The molecule has 1 aliphatic rings. The largest absolute Gasteiger partial charge is 0.479 e. The molecule has 1 heterocycles. The number of ether oxygens (including phenoxy) is 1. The molecular weight excluding hydrogens is 342 g/mol. The molecule has 0 saturated carbocycles. The van der Waals surface area contributed by atoms with Crippen LogP contribution in [-0.4, -0.2) is 20.4 Å². The summed E-state index contributed by atoms with van der Waals surface area (Å²) in [6, 6.07) is 6.39. The van der Waals surface area contributed by atoms with Gasteiger partial charge in [0.25, 0.3) is 15.9 Å². The van der Waals surface area contributed by atoms with Crippen molar-refractivity contribution in [2.75, 3.05) is 10.0 Å². The van der Waals surface area contributed by atoms with Gasteiger partial charge < -0.3 is 10.1 Å². The van der Waals surface area contributed by atoms with Crippen LogP contribution in [0.1, 0.15) is 6.92 Å². The minimum absolute atomic E-state index is 0.0935. The summed E-state index contributed by atoms with van der Waals surface area (Å²) in [6.45, 7) is 1.58. The Labute approximate surface area is 136 Å². The molecule has 0 spiro atoms. The molecule has 1 aliphatic heterocycles. The fourth-order valence-electron chi connectivity index (χ4n) is 2.18. The highest BCUT2D eigenvalue weighted by molar-refractivity contribution is 7.92. The zero-order valence-electron chi connectivity index (χ0n) is 12.3. The van der Waals surface area contributed by atoms with Gasteiger partial charge in [0.1, 0.15) is 22.3 Å². The first-order valence-corrected chi connectivity index (χ1v) is 8.34. The van der Waals surface area contributed by atoms with E-state index in [-0.39, 0.29) is 17.3 Å². The average Bonchev–Trinajstić information content (AvgIpc) is 2.48. The van der Waals surface area contributed by atoms with Crippen LogP contribution in [0.25, 0.3) is 0 Å². The lowest BCUT2D eigenvalue weighted by atomic mass is 10.2. The van der Waals surface area contributed by atoms with E-state index in [0.29, 0.717) is 11.8 Å². The molecule has 9 heteroatoms. The van der Waals surface area contributed by atoms with Gasteiger partial charge in [-0.2, -0.15) is 0 Å². The van der Waals surface area contributed by atoms with E-state index in [0.717, 1.165) is 12.1 Å². The number of halogens is 2. The van der Waals surface area contributed by atoms with Gasteiger partial charge in [0.15, 0.2) is 6.10 Å². The van der Waals surface area contributed by atoms with Crippen molar-refractivity contribution in [3.63, 3.8) is 0 Å². The predicted octanol–water partition coefficient (Wildman–Crippen LogP) is 2.49. The first-order valence-electron chi connectivity index (χ1n) is 6.86. The van der Waals surface area contributed by atoms with Gasteiger partial charge in [-0.15, -0.1) is 0 Å². The maximum absolute atomic E-state index is 13.7. The summed E-state index contributed by atoms with van der Waals surface area (Å²) in [6.07, 6.45) is -0.659. The van der Waals surface area contributed by atoms with Crippen molar-refractivity contribution in [1.29, 1.82) is 0 Å². The number of hydrogen-bond acceptors (Lipinski definition) is 4. The molecule has 126 valence electrons. The van der Waals surface area contributed by atoms with E-state index in [9.17, 15) is 22.0 Å². The topological polar surface area (TPSA) is 84.5 Å². The molecule has 0 aromatic heterocycles. The Morgan fingerprint density at radius 1 is 1.17 bits per heavy atom. The van der Waals surface area contributed by atoms with Crippen LogP contribution in [0.5, 0.6) is 5.75 Å². The Morgan fingerprint density at radius 3 is 2.62 bits per heavy atom. The van der Waals surface area contributed by atoms with Gasteiger partial charge >= 0.3 is 0 Å². The van der Waals surface area contributed by atoms with Gasteiger partial charge in [-0.25, -0.2) is 17.2 Å². The van der Waals surface area contributed by atoms with E-state index in [4.69, 9.17) is 4.74 Å². The molecule has 24 heavy (non-hydrogen) atoms. The standard InChI is InChI=1S/C15H12F2N2O4S/c1-8-15(20)18-12-7-10(3-4-13(12)23-8)19-24(21,22)14-5-2-9(16)6-11(14)17/h2-8,19H,1H3,(H,18,20)/t8-/m0/s1. The second-order valence-corrected chi connectivity index (χ2v) is 6.79. The highest BCUT2D eigenvalue weighted by Crippen LogP contribution is 2.33. The Morgan fingerprint density at radius 2 is 1.92 bits per heavy atom. The molecule has 1 atom stereocenters. The number of carbonyl (C=O) groups excluding carboxylic acids is 1. The summed E-state index contributed by atoms with van der Waals surface area (Å²) in [5, 5.41) is 2.57. The zero-order valence-corrected chi connectivity index (χ0v) is 13.2. The third-order valence-electron chi connectivity index (χ3n) is 3.35. The minimum Gasteiger partial charge on any atom is -0.479 e. The van der Waals surface area contributed by atoms with E-state index in [2.05, 4.69) is 10.0 Å². The number of rotatable bonds is 3. The number of amides is 1. The van der Waals surface area contributed by atoms with E-state index in [1.54, 1.807) is 6.92 Å². The highest BCUT2D eigenvalue weighted by atomic mass is 32.2. The van der Waals surface area contributed by atoms with Crippen molar-refractivity contribution >= 4 is 27.3 Å². The van der Waals surface area contributed by atoms with Gasteiger partial charge in [0.05, 0.1) is 11.4 Å². The summed E-state index contributed by atoms with van der Waals surface area (Å²) in [7, 11) is -4.26. The van der Waals surface area contributed by atoms with Crippen molar-refractivity contribution in [2.24, 2.45) is 0 Å². The van der Waals surface area contributed by atoms with Crippen molar-refractivity contribution in [3.05, 3.63) is 48.0 Å². The van der Waals surface area contributed by atoms with E-state index >= 15 is 0 Å². The van der Waals surface area contributed by atoms with Gasteiger partial charge in [-0.05, 0) is 37.3 Å². The zero-order chi connectivity index (χ0) is 17.5. The first kappa shape index (κ1) is 16.2. The van der Waals surface area contributed by atoms with Gasteiger partial charge in [-0.3, -0.25) is 9.52 Å². The number of sulfonamides is 1. The van der Waals surface area contributed by atoms with Crippen molar-refractivity contribution in [3.8, 4) is 5.75 Å². The number of hydrogen-bond donors (Lipinski definition) is 2. The van der Waals surface area contributed by atoms with Gasteiger partial charge in [-0.1, -0.05) is 0 Å². The number of nitrogens with one attached hydrogen (secondary N) is 2. The molecule has 3 rings (SSSR count). The molecule has 6 nitrogen and oxygen atoms in total. The molecule has 0 saturated heterocycles. The lowest BCUT2D eigenvalue weighted by molar-refractivity contribution is -0.122. The van der Waals surface area contributed by atoms with Crippen LogP contribution in [0.2, 0.25) is 0 Å². The molecular formula is C15H12F2N2O4S. The smallest absolute Gasteiger partial charge is 0.265 e. The van der Waals surface area contributed by atoms with Crippen molar-refractivity contribution in [2.45, 2.75) is 17.9 Å². The van der Waals surface area contributed by atoms with E-state index < -0.39 is 32.7 Å². The summed E-state index contributed by atoms with van der Waals surface area (Å²) < 4.78 is 58.6. The lowest BCUT2D eigenvalue weighted by Crippen LogP contribution is -2.34. The van der Waals surface area contributed by atoms with Crippen LogP contribution in [0.15, 0.2) is 41.3 Å². The molecule has 1 amide bonds. The monoisotopic (exact) mass is 354 g/mol. The van der Waals surface area contributed by atoms with E-state index in [1.807, 2.05) is 0 Å². The number of fused-ring (bicyclic) bond motifs is 1. The van der Waals surface area contributed by atoms with Gasteiger partial charge in [0.2, 0.25) is 0 Å². The third kappa shape index (κ3) is 3.02. The number of carbonyl (C=O) groups is 1.